The first-order valence-corrected chi connectivity index (χ1v) is 11.0. The van der Waals surface area contributed by atoms with E-state index in [1.807, 2.05) is 38.1 Å². The lowest BCUT2D eigenvalue weighted by molar-refractivity contribution is -0.116. The molecule has 2 aromatic carbocycles. The van der Waals surface area contributed by atoms with Crippen LogP contribution in [0.2, 0.25) is 0 Å². The number of phenolic OH excluding ortho intramolecular Hbond substituents is 1. The number of hydrogen-bond acceptors (Lipinski definition) is 6. The fraction of sp³-hybridized carbons (Fsp3) is 0.261. The van der Waals surface area contributed by atoms with Gasteiger partial charge in [0.15, 0.2) is 11.5 Å². The highest BCUT2D eigenvalue weighted by atomic mass is 32.1. The number of phenols is 1. The lowest BCUT2D eigenvalue weighted by Crippen LogP contribution is -2.25. The fourth-order valence-electron chi connectivity index (χ4n) is 4.10. The molecule has 8 heteroatoms. The molecule has 0 saturated heterocycles. The first kappa shape index (κ1) is 19.6. The topological polar surface area (TPSA) is 89.3 Å². The third kappa shape index (κ3) is 3.33. The van der Waals surface area contributed by atoms with Gasteiger partial charge in [0.05, 0.1) is 22.5 Å². The summed E-state index contributed by atoms with van der Waals surface area (Å²) in [5.74, 6) is 0.888. The standard InChI is InChI=1S/C23H22N4O3S/c1-4-30-18-10-14(6-8-17(18)28)15-11-20(29)25-22-21(15)13(3)26-27(22)23-24-16-7-5-12(2)9-19(16)31-23/h5-10,15,28H,4,11H2,1-3H3,(H,25,29)/t15-/m0/s1. The Morgan fingerprint density at radius 1 is 1.26 bits per heavy atom. The molecule has 2 N–H and O–H groups in total. The number of anilines is 1. The summed E-state index contributed by atoms with van der Waals surface area (Å²) in [6.45, 7) is 6.31. The maximum atomic E-state index is 12.6. The highest BCUT2D eigenvalue weighted by molar-refractivity contribution is 7.20. The van der Waals surface area contributed by atoms with Crippen LogP contribution >= 0.6 is 11.3 Å². The average Bonchev–Trinajstić information content (AvgIpc) is 3.29. The number of carbonyl (C=O) groups excluding carboxylic acids is 1. The molecule has 0 radical (unpaired) electrons. The van der Waals surface area contributed by atoms with Crippen molar-refractivity contribution in [3.63, 3.8) is 0 Å². The van der Waals surface area contributed by atoms with E-state index < -0.39 is 0 Å². The molecule has 3 heterocycles. The number of aryl methyl sites for hydroxylation is 2. The van der Waals surface area contributed by atoms with Gasteiger partial charge in [-0.2, -0.15) is 9.78 Å². The van der Waals surface area contributed by atoms with Gasteiger partial charge in [-0.15, -0.1) is 0 Å². The maximum Gasteiger partial charge on any atom is 0.226 e. The number of fused-ring (bicyclic) bond motifs is 2. The molecule has 7 nitrogen and oxygen atoms in total. The van der Waals surface area contributed by atoms with Crippen LogP contribution in [-0.2, 0) is 4.79 Å². The van der Waals surface area contributed by atoms with Crippen LogP contribution in [-0.4, -0.2) is 32.4 Å². The zero-order chi connectivity index (χ0) is 21.7. The van der Waals surface area contributed by atoms with Crippen molar-refractivity contribution >= 4 is 33.3 Å². The van der Waals surface area contributed by atoms with Crippen LogP contribution in [0.5, 0.6) is 11.5 Å². The molecule has 158 valence electrons. The third-order valence-electron chi connectivity index (χ3n) is 5.50. The fourth-order valence-corrected chi connectivity index (χ4v) is 5.12. The van der Waals surface area contributed by atoms with E-state index in [4.69, 9.17) is 14.8 Å². The molecule has 1 amide bonds. The molecule has 31 heavy (non-hydrogen) atoms. The Morgan fingerprint density at radius 2 is 2.10 bits per heavy atom. The number of hydrogen-bond donors (Lipinski definition) is 2. The Hall–Kier alpha value is -3.39. The molecule has 0 bridgehead atoms. The van der Waals surface area contributed by atoms with E-state index in [1.54, 1.807) is 22.1 Å². The monoisotopic (exact) mass is 434 g/mol. The van der Waals surface area contributed by atoms with Gasteiger partial charge in [-0.25, -0.2) is 4.98 Å². The molecule has 1 atom stereocenters. The van der Waals surface area contributed by atoms with E-state index in [-0.39, 0.29) is 17.6 Å². The predicted octanol–water partition coefficient (Wildman–Crippen LogP) is 4.68. The van der Waals surface area contributed by atoms with Gasteiger partial charge < -0.3 is 15.2 Å². The van der Waals surface area contributed by atoms with Gasteiger partial charge >= 0.3 is 0 Å². The van der Waals surface area contributed by atoms with Crippen LogP contribution in [0.25, 0.3) is 15.3 Å². The lowest BCUT2D eigenvalue weighted by Gasteiger charge is -2.24. The highest BCUT2D eigenvalue weighted by Gasteiger charge is 2.33. The predicted molar refractivity (Wildman–Crippen MR) is 121 cm³/mol. The quantitative estimate of drug-likeness (QED) is 0.487. The molecule has 0 aliphatic carbocycles. The average molecular weight is 435 g/mol. The number of aromatic hydroxyl groups is 1. The van der Waals surface area contributed by atoms with Crippen molar-refractivity contribution < 1.29 is 14.6 Å². The number of nitrogens with zero attached hydrogens (tertiary/aromatic N) is 3. The van der Waals surface area contributed by atoms with Crippen molar-refractivity contribution in [1.29, 1.82) is 0 Å². The van der Waals surface area contributed by atoms with Crippen molar-refractivity contribution in [3.8, 4) is 16.6 Å². The van der Waals surface area contributed by atoms with Gasteiger partial charge in [0.1, 0.15) is 5.82 Å². The number of benzene rings is 2. The molecular formula is C23H22N4O3S. The van der Waals surface area contributed by atoms with Crippen LogP contribution in [0.4, 0.5) is 5.82 Å². The Bertz CT molecular complexity index is 1320. The van der Waals surface area contributed by atoms with E-state index in [9.17, 15) is 9.90 Å². The summed E-state index contributed by atoms with van der Waals surface area (Å²) < 4.78 is 8.37. The van der Waals surface area contributed by atoms with E-state index in [0.717, 1.165) is 27.0 Å². The molecule has 0 fully saturated rings. The second-order valence-corrected chi connectivity index (χ2v) is 8.70. The van der Waals surface area contributed by atoms with Crippen molar-refractivity contribution in [1.82, 2.24) is 14.8 Å². The highest BCUT2D eigenvalue weighted by Crippen LogP contribution is 2.43. The first-order chi connectivity index (χ1) is 14.9. The molecule has 5 rings (SSSR count). The van der Waals surface area contributed by atoms with Gasteiger partial charge in [-0.1, -0.05) is 23.5 Å². The Kier molecular flexibility index (Phi) is 4.66. The van der Waals surface area contributed by atoms with Crippen molar-refractivity contribution in [2.45, 2.75) is 33.1 Å². The van der Waals surface area contributed by atoms with Crippen LogP contribution in [0.15, 0.2) is 36.4 Å². The summed E-state index contributed by atoms with van der Waals surface area (Å²) in [7, 11) is 0. The number of carbonyl (C=O) groups is 1. The van der Waals surface area contributed by atoms with E-state index in [1.165, 1.54) is 5.56 Å². The zero-order valence-electron chi connectivity index (χ0n) is 17.5. The number of thiazole rings is 1. The second-order valence-electron chi connectivity index (χ2n) is 7.69. The lowest BCUT2D eigenvalue weighted by atomic mass is 9.85. The second kappa shape index (κ2) is 7.39. The Labute approximate surface area is 183 Å². The molecule has 4 aromatic rings. The maximum absolute atomic E-state index is 12.6. The third-order valence-corrected chi connectivity index (χ3v) is 6.50. The Morgan fingerprint density at radius 3 is 2.90 bits per heavy atom. The summed E-state index contributed by atoms with van der Waals surface area (Å²) in [5.41, 5.74) is 4.78. The van der Waals surface area contributed by atoms with Gasteiger partial charge in [0, 0.05) is 17.9 Å². The van der Waals surface area contributed by atoms with Gasteiger partial charge in [0.25, 0.3) is 0 Å². The summed E-state index contributed by atoms with van der Waals surface area (Å²) in [4.78, 5) is 17.4. The summed E-state index contributed by atoms with van der Waals surface area (Å²) in [6, 6.07) is 11.4. The Balaban J connectivity index is 1.63. The van der Waals surface area contributed by atoms with Crippen LogP contribution < -0.4 is 10.1 Å². The zero-order valence-corrected chi connectivity index (χ0v) is 18.3. The SMILES string of the molecule is CCOc1cc([C@@H]2CC(=O)Nc3c2c(C)nn3-c2nc3ccc(C)cc3s2)ccc1O. The summed E-state index contributed by atoms with van der Waals surface area (Å²) >= 11 is 1.54. The van der Waals surface area contributed by atoms with Crippen LogP contribution in [0.1, 0.15) is 41.6 Å². The van der Waals surface area contributed by atoms with Gasteiger partial charge in [0.2, 0.25) is 11.0 Å². The van der Waals surface area contributed by atoms with E-state index >= 15 is 0 Å². The molecule has 1 aliphatic rings. The van der Waals surface area contributed by atoms with E-state index in [2.05, 4.69) is 18.3 Å². The first-order valence-electron chi connectivity index (χ1n) is 10.2. The molecule has 1 aliphatic heterocycles. The number of aromatic nitrogens is 3. The molecule has 2 aromatic heterocycles. The molecular weight excluding hydrogens is 412 g/mol. The largest absolute Gasteiger partial charge is 0.504 e. The number of amides is 1. The van der Waals surface area contributed by atoms with Crippen molar-refractivity contribution in [2.75, 3.05) is 11.9 Å². The van der Waals surface area contributed by atoms with Crippen molar-refractivity contribution in [2.24, 2.45) is 0 Å². The van der Waals surface area contributed by atoms with Crippen LogP contribution in [0.3, 0.4) is 0 Å². The number of rotatable bonds is 4. The van der Waals surface area contributed by atoms with E-state index in [0.29, 0.717) is 29.7 Å². The number of ether oxygens (including phenoxy) is 1. The van der Waals surface area contributed by atoms with Crippen LogP contribution in [0, 0.1) is 13.8 Å². The normalized spacial score (nSPS) is 15.7. The summed E-state index contributed by atoms with van der Waals surface area (Å²) in [5, 5.41) is 18.5. The van der Waals surface area contributed by atoms with Gasteiger partial charge in [-0.3, -0.25) is 4.79 Å². The minimum atomic E-state index is -0.186. The summed E-state index contributed by atoms with van der Waals surface area (Å²) in [6.07, 6.45) is 0.301. The molecule has 0 spiro atoms. The van der Waals surface area contributed by atoms with Crippen molar-refractivity contribution in [3.05, 3.63) is 58.8 Å². The molecule has 0 saturated carbocycles. The van der Waals surface area contributed by atoms with Gasteiger partial charge in [-0.05, 0) is 56.2 Å². The smallest absolute Gasteiger partial charge is 0.226 e. The number of nitrogens with one attached hydrogen (secondary N) is 1. The molecule has 0 unspecified atom stereocenters. The minimum Gasteiger partial charge on any atom is -0.504 e. The minimum absolute atomic E-state index is 0.0818.